The van der Waals surface area contributed by atoms with Crippen LogP contribution in [0, 0.1) is 5.92 Å². The van der Waals surface area contributed by atoms with Crippen molar-refractivity contribution in [1.29, 1.82) is 0 Å². The Labute approximate surface area is 172 Å². The highest BCUT2D eigenvalue weighted by atomic mass is 16.6. The quantitative estimate of drug-likeness (QED) is 0.784. The number of hydrogen-bond acceptors (Lipinski definition) is 4. The predicted molar refractivity (Wildman–Crippen MR) is 111 cm³/mol. The minimum absolute atomic E-state index is 0.195. The summed E-state index contributed by atoms with van der Waals surface area (Å²) in [5.74, 6) is 1.00. The molecule has 1 atom stereocenters. The minimum atomic E-state index is -0.371. The molecule has 6 heteroatoms. The van der Waals surface area contributed by atoms with Crippen LogP contribution < -0.4 is 4.90 Å². The number of rotatable bonds is 4. The molecule has 2 saturated heterocycles. The Hall–Kier alpha value is -2.08. The SMILES string of the molecule is CCOC(=O)N1CCC(N2CCC3(C2)C(=O)N(CC2CC2)c2ccccc23)CC1. The summed E-state index contributed by atoms with van der Waals surface area (Å²) in [5.41, 5.74) is 2.00. The number of likely N-dealkylation sites (tertiary alicyclic amines) is 2. The van der Waals surface area contributed by atoms with Gasteiger partial charge in [-0.15, -0.1) is 0 Å². The van der Waals surface area contributed by atoms with Crippen molar-refractivity contribution >= 4 is 17.7 Å². The van der Waals surface area contributed by atoms with Gasteiger partial charge in [0.1, 0.15) is 0 Å². The maximum absolute atomic E-state index is 13.6. The van der Waals surface area contributed by atoms with E-state index in [1.807, 2.05) is 11.8 Å². The van der Waals surface area contributed by atoms with Crippen LogP contribution in [0.1, 0.15) is 44.6 Å². The van der Waals surface area contributed by atoms with Crippen molar-refractivity contribution in [2.75, 3.05) is 44.2 Å². The normalized spacial score (nSPS) is 27.7. The second kappa shape index (κ2) is 7.31. The molecule has 3 aliphatic heterocycles. The van der Waals surface area contributed by atoms with Crippen molar-refractivity contribution < 1.29 is 14.3 Å². The van der Waals surface area contributed by atoms with Crippen LogP contribution in [-0.4, -0.2) is 67.2 Å². The molecule has 5 rings (SSSR count). The van der Waals surface area contributed by atoms with Crippen molar-refractivity contribution in [2.24, 2.45) is 5.92 Å². The lowest BCUT2D eigenvalue weighted by atomic mass is 9.81. The molecule has 4 aliphatic rings. The van der Waals surface area contributed by atoms with Crippen molar-refractivity contribution in [3.05, 3.63) is 29.8 Å². The molecule has 1 spiro atoms. The number of benzene rings is 1. The van der Waals surface area contributed by atoms with Crippen molar-refractivity contribution in [3.8, 4) is 0 Å². The van der Waals surface area contributed by atoms with Gasteiger partial charge in [-0.25, -0.2) is 4.79 Å². The highest BCUT2D eigenvalue weighted by Crippen LogP contribution is 2.49. The van der Waals surface area contributed by atoms with E-state index < -0.39 is 0 Å². The van der Waals surface area contributed by atoms with Gasteiger partial charge in [0.25, 0.3) is 0 Å². The van der Waals surface area contributed by atoms with Crippen LogP contribution in [0.15, 0.2) is 24.3 Å². The van der Waals surface area contributed by atoms with Crippen LogP contribution in [-0.2, 0) is 14.9 Å². The average Bonchev–Trinajstić information content (AvgIpc) is 3.41. The molecule has 0 N–H and O–H groups in total. The number of nitrogens with zero attached hydrogens (tertiary/aromatic N) is 3. The molecule has 2 amide bonds. The first-order valence-electron chi connectivity index (χ1n) is 11.2. The molecule has 1 saturated carbocycles. The third-order valence-corrected chi connectivity index (χ3v) is 7.31. The molecular weight excluding hydrogens is 366 g/mol. The van der Waals surface area contributed by atoms with E-state index in [0.29, 0.717) is 24.5 Å². The van der Waals surface area contributed by atoms with Crippen LogP contribution in [0.4, 0.5) is 10.5 Å². The summed E-state index contributed by atoms with van der Waals surface area (Å²) in [4.78, 5) is 32.0. The van der Waals surface area contributed by atoms with Gasteiger partial charge in [-0.05, 0) is 63.1 Å². The number of fused-ring (bicyclic) bond motifs is 2. The van der Waals surface area contributed by atoms with E-state index in [4.69, 9.17) is 4.74 Å². The van der Waals surface area contributed by atoms with Gasteiger partial charge < -0.3 is 14.5 Å². The first kappa shape index (κ1) is 18.9. The lowest BCUT2D eigenvalue weighted by Crippen LogP contribution is -2.48. The van der Waals surface area contributed by atoms with Gasteiger partial charge in [-0.3, -0.25) is 9.69 Å². The molecule has 0 aromatic heterocycles. The van der Waals surface area contributed by atoms with Crippen molar-refractivity contribution in [3.63, 3.8) is 0 Å². The van der Waals surface area contributed by atoms with Crippen LogP contribution in [0.5, 0.6) is 0 Å². The molecule has 6 nitrogen and oxygen atoms in total. The van der Waals surface area contributed by atoms with Crippen LogP contribution in [0.3, 0.4) is 0 Å². The molecule has 1 aliphatic carbocycles. The Morgan fingerprint density at radius 1 is 1.14 bits per heavy atom. The van der Waals surface area contributed by atoms with Crippen LogP contribution in [0.2, 0.25) is 0 Å². The first-order valence-corrected chi connectivity index (χ1v) is 11.2. The standard InChI is InChI=1S/C23H31N3O3/c1-2-29-22(28)24-12-9-18(10-13-24)25-14-11-23(16-25)19-5-3-4-6-20(19)26(21(23)27)15-17-7-8-17/h3-6,17-18H,2,7-16H2,1H3. The van der Waals surface area contributed by atoms with Gasteiger partial charge in [-0.2, -0.15) is 0 Å². The number of piperidine rings is 1. The highest BCUT2D eigenvalue weighted by Gasteiger charge is 2.55. The van der Waals surface area contributed by atoms with Gasteiger partial charge in [0.05, 0.1) is 12.0 Å². The molecule has 0 bridgehead atoms. The Bertz CT molecular complexity index is 800. The number of carbonyl (C=O) groups is 2. The smallest absolute Gasteiger partial charge is 0.409 e. The second-order valence-electron chi connectivity index (χ2n) is 9.10. The average molecular weight is 398 g/mol. The van der Waals surface area contributed by atoms with E-state index in [-0.39, 0.29) is 11.5 Å². The Kier molecular flexibility index (Phi) is 4.77. The number of ether oxygens (including phenoxy) is 1. The van der Waals surface area contributed by atoms with Crippen molar-refractivity contribution in [2.45, 2.75) is 50.5 Å². The molecule has 3 heterocycles. The summed E-state index contributed by atoms with van der Waals surface area (Å²) >= 11 is 0. The van der Waals surface area contributed by atoms with E-state index >= 15 is 0 Å². The van der Waals surface area contributed by atoms with Crippen LogP contribution in [0.25, 0.3) is 0 Å². The molecule has 29 heavy (non-hydrogen) atoms. The zero-order valence-electron chi connectivity index (χ0n) is 17.3. The van der Waals surface area contributed by atoms with Gasteiger partial charge in [-0.1, -0.05) is 18.2 Å². The number of amides is 2. The van der Waals surface area contributed by atoms with Crippen LogP contribution >= 0.6 is 0 Å². The molecular formula is C23H31N3O3. The molecule has 1 aromatic carbocycles. The molecule has 1 unspecified atom stereocenters. The van der Waals surface area contributed by atoms with E-state index in [9.17, 15) is 9.59 Å². The van der Waals surface area contributed by atoms with Gasteiger partial charge in [0.2, 0.25) is 5.91 Å². The number of carbonyl (C=O) groups excluding carboxylic acids is 2. The number of hydrogen-bond donors (Lipinski definition) is 0. The fraction of sp³-hybridized carbons (Fsp3) is 0.652. The van der Waals surface area contributed by atoms with Gasteiger partial charge >= 0.3 is 6.09 Å². The third kappa shape index (κ3) is 3.21. The Morgan fingerprint density at radius 2 is 1.90 bits per heavy atom. The zero-order chi connectivity index (χ0) is 20.0. The summed E-state index contributed by atoms with van der Waals surface area (Å²) in [6, 6.07) is 8.88. The fourth-order valence-corrected chi connectivity index (χ4v) is 5.51. The lowest BCUT2D eigenvalue weighted by molar-refractivity contribution is -0.122. The van der Waals surface area contributed by atoms with Gasteiger partial charge in [0.15, 0.2) is 0 Å². The maximum atomic E-state index is 13.6. The van der Waals surface area contributed by atoms with E-state index in [1.54, 1.807) is 0 Å². The second-order valence-corrected chi connectivity index (χ2v) is 9.10. The summed E-state index contributed by atoms with van der Waals surface area (Å²) in [7, 11) is 0. The highest BCUT2D eigenvalue weighted by molar-refractivity contribution is 6.08. The predicted octanol–water partition coefficient (Wildman–Crippen LogP) is 3.01. The topological polar surface area (TPSA) is 53.1 Å². The van der Waals surface area contributed by atoms with E-state index in [1.165, 1.54) is 18.4 Å². The molecule has 3 fully saturated rings. The summed E-state index contributed by atoms with van der Waals surface area (Å²) in [6.45, 7) is 6.41. The van der Waals surface area contributed by atoms with Crippen molar-refractivity contribution in [1.82, 2.24) is 9.80 Å². The number of anilines is 1. The van der Waals surface area contributed by atoms with Gasteiger partial charge in [0, 0.05) is 37.9 Å². The molecule has 1 aromatic rings. The molecule has 156 valence electrons. The molecule has 0 radical (unpaired) electrons. The summed E-state index contributed by atoms with van der Waals surface area (Å²) in [5, 5.41) is 0. The lowest BCUT2D eigenvalue weighted by Gasteiger charge is -2.36. The Morgan fingerprint density at radius 3 is 2.62 bits per heavy atom. The monoisotopic (exact) mass is 397 g/mol. The van der Waals surface area contributed by atoms with E-state index in [2.05, 4.69) is 34.1 Å². The zero-order valence-corrected chi connectivity index (χ0v) is 17.3. The summed E-state index contributed by atoms with van der Waals surface area (Å²) < 4.78 is 5.14. The van der Waals surface area contributed by atoms with E-state index in [0.717, 1.165) is 57.7 Å². The third-order valence-electron chi connectivity index (χ3n) is 7.31. The fourth-order valence-electron chi connectivity index (χ4n) is 5.51. The number of para-hydroxylation sites is 1. The first-order chi connectivity index (χ1) is 14.1. The largest absolute Gasteiger partial charge is 0.450 e. The summed E-state index contributed by atoms with van der Waals surface area (Å²) in [6.07, 6.45) is 5.13. The minimum Gasteiger partial charge on any atom is -0.450 e. The Balaban J connectivity index is 1.30. The maximum Gasteiger partial charge on any atom is 0.409 e.